The first kappa shape index (κ1) is 15.0. The van der Waals surface area contributed by atoms with Gasteiger partial charge in [-0.15, -0.1) is 22.7 Å². The Morgan fingerprint density at radius 1 is 1.14 bits per heavy atom. The van der Waals surface area contributed by atoms with Gasteiger partial charge in [0.25, 0.3) is 0 Å². The average Bonchev–Trinajstić information content (AvgIpc) is 3.16. The Bertz CT molecular complexity index is 703. The van der Waals surface area contributed by atoms with Crippen LogP contribution >= 0.6 is 38.6 Å². The molecule has 0 aliphatic rings. The highest BCUT2D eigenvalue weighted by atomic mass is 79.9. The first-order chi connectivity index (χ1) is 10.2. The van der Waals surface area contributed by atoms with Crippen molar-refractivity contribution in [3.05, 3.63) is 68.1 Å². The van der Waals surface area contributed by atoms with E-state index in [0.717, 1.165) is 11.0 Å². The monoisotopic (exact) mass is 377 g/mol. The largest absolute Gasteiger partial charge is 0.305 e. The third-order valence-electron chi connectivity index (χ3n) is 3.41. The van der Waals surface area contributed by atoms with E-state index in [1.807, 2.05) is 17.4 Å². The lowest BCUT2D eigenvalue weighted by Gasteiger charge is -2.15. The summed E-state index contributed by atoms with van der Waals surface area (Å²) in [6, 6.07) is 15.3. The topological polar surface area (TPSA) is 12.0 Å². The molecular formula is C17H16BrNS2. The molecule has 2 heterocycles. The van der Waals surface area contributed by atoms with Crippen LogP contribution in [0, 0.1) is 0 Å². The molecule has 0 bridgehead atoms. The molecule has 0 aliphatic heterocycles. The van der Waals surface area contributed by atoms with Crippen molar-refractivity contribution in [2.45, 2.75) is 19.5 Å². The van der Waals surface area contributed by atoms with E-state index in [9.17, 15) is 0 Å². The summed E-state index contributed by atoms with van der Waals surface area (Å²) in [5.41, 5.74) is 2.63. The first-order valence-corrected chi connectivity index (χ1v) is 9.38. The summed E-state index contributed by atoms with van der Waals surface area (Å²) in [5.74, 6) is 0. The average molecular weight is 378 g/mol. The van der Waals surface area contributed by atoms with E-state index in [0.29, 0.717) is 6.04 Å². The smallest absolute Gasteiger partial charge is 0.0351 e. The van der Waals surface area contributed by atoms with Gasteiger partial charge in [0, 0.05) is 32.4 Å². The summed E-state index contributed by atoms with van der Waals surface area (Å²) in [4.78, 5) is 2.72. The zero-order valence-electron chi connectivity index (χ0n) is 11.7. The van der Waals surface area contributed by atoms with Gasteiger partial charge in [-0.1, -0.05) is 40.2 Å². The van der Waals surface area contributed by atoms with Gasteiger partial charge in [-0.25, -0.2) is 0 Å². The maximum atomic E-state index is 3.62. The van der Waals surface area contributed by atoms with Crippen LogP contribution in [0.25, 0.3) is 10.4 Å². The van der Waals surface area contributed by atoms with Crippen molar-refractivity contribution in [3.8, 4) is 10.4 Å². The molecule has 3 aromatic rings. The van der Waals surface area contributed by atoms with E-state index >= 15 is 0 Å². The Morgan fingerprint density at radius 3 is 2.76 bits per heavy atom. The Labute approximate surface area is 141 Å². The highest BCUT2D eigenvalue weighted by Gasteiger charge is 2.09. The van der Waals surface area contributed by atoms with Crippen LogP contribution in [-0.2, 0) is 6.54 Å². The summed E-state index contributed by atoms with van der Waals surface area (Å²) >= 11 is 7.23. The number of thiophene rings is 2. The maximum absolute atomic E-state index is 3.62. The third kappa shape index (κ3) is 3.64. The minimum absolute atomic E-state index is 0.327. The van der Waals surface area contributed by atoms with Crippen molar-refractivity contribution >= 4 is 38.6 Å². The maximum Gasteiger partial charge on any atom is 0.0351 e. The van der Waals surface area contributed by atoms with Crippen LogP contribution in [0.1, 0.15) is 23.4 Å². The molecule has 0 spiro atoms. The van der Waals surface area contributed by atoms with Gasteiger partial charge in [0.15, 0.2) is 0 Å². The van der Waals surface area contributed by atoms with E-state index in [2.05, 4.69) is 75.3 Å². The molecule has 1 atom stereocenters. The van der Waals surface area contributed by atoms with Crippen molar-refractivity contribution in [2.75, 3.05) is 0 Å². The van der Waals surface area contributed by atoms with Crippen LogP contribution in [0.5, 0.6) is 0 Å². The fourth-order valence-electron chi connectivity index (χ4n) is 2.24. The fourth-order valence-corrected chi connectivity index (χ4v) is 4.49. The third-order valence-corrected chi connectivity index (χ3v) is 5.99. The summed E-state index contributed by atoms with van der Waals surface area (Å²) < 4.78 is 1.16. The Hall–Kier alpha value is -0.940. The van der Waals surface area contributed by atoms with Crippen LogP contribution in [0.4, 0.5) is 0 Å². The number of benzene rings is 1. The molecule has 3 rings (SSSR count). The highest BCUT2D eigenvalue weighted by Crippen LogP contribution is 2.30. The molecule has 0 unspecified atom stereocenters. The van der Waals surface area contributed by atoms with Gasteiger partial charge in [0.1, 0.15) is 0 Å². The zero-order valence-corrected chi connectivity index (χ0v) is 14.9. The predicted molar refractivity (Wildman–Crippen MR) is 97.0 cm³/mol. The van der Waals surface area contributed by atoms with Gasteiger partial charge in [0.05, 0.1) is 0 Å². The summed E-state index contributed by atoms with van der Waals surface area (Å²) in [5, 5.41) is 7.97. The number of hydrogen-bond acceptors (Lipinski definition) is 3. The Kier molecular flexibility index (Phi) is 4.91. The molecule has 0 saturated heterocycles. The van der Waals surface area contributed by atoms with Crippen molar-refractivity contribution in [3.63, 3.8) is 0 Å². The lowest BCUT2D eigenvalue weighted by molar-refractivity contribution is 0.577. The minimum Gasteiger partial charge on any atom is -0.305 e. The van der Waals surface area contributed by atoms with Crippen molar-refractivity contribution < 1.29 is 0 Å². The molecule has 0 fully saturated rings. The van der Waals surface area contributed by atoms with Gasteiger partial charge in [-0.3, -0.25) is 0 Å². The van der Waals surface area contributed by atoms with Gasteiger partial charge in [-0.2, -0.15) is 0 Å². The lowest BCUT2D eigenvalue weighted by atomic mass is 10.1. The second-order valence-electron chi connectivity index (χ2n) is 4.90. The summed E-state index contributed by atoms with van der Waals surface area (Å²) in [7, 11) is 0. The molecule has 108 valence electrons. The zero-order chi connectivity index (χ0) is 14.7. The van der Waals surface area contributed by atoms with Crippen LogP contribution in [-0.4, -0.2) is 0 Å². The number of rotatable bonds is 5. The number of nitrogens with one attached hydrogen (secondary N) is 1. The van der Waals surface area contributed by atoms with Crippen LogP contribution in [0.3, 0.4) is 0 Å². The van der Waals surface area contributed by atoms with Crippen molar-refractivity contribution in [1.82, 2.24) is 5.32 Å². The molecule has 2 aromatic heterocycles. The molecule has 0 aliphatic carbocycles. The van der Waals surface area contributed by atoms with E-state index in [4.69, 9.17) is 0 Å². The van der Waals surface area contributed by atoms with Gasteiger partial charge < -0.3 is 5.32 Å². The summed E-state index contributed by atoms with van der Waals surface area (Å²) in [6.45, 7) is 3.10. The van der Waals surface area contributed by atoms with Crippen LogP contribution in [0.2, 0.25) is 0 Å². The van der Waals surface area contributed by atoms with Crippen LogP contribution < -0.4 is 5.32 Å². The molecule has 0 saturated carbocycles. The first-order valence-electron chi connectivity index (χ1n) is 6.83. The SMILES string of the molecule is C[C@H](NCc1cc(-c2cccs2)cs1)c1ccccc1Br. The normalized spacial score (nSPS) is 12.5. The Balaban J connectivity index is 1.64. The molecule has 0 amide bonds. The van der Waals surface area contributed by atoms with E-state index in [1.54, 1.807) is 11.3 Å². The predicted octanol–water partition coefficient (Wildman–Crippen LogP) is 6.09. The molecule has 1 N–H and O–H groups in total. The van der Waals surface area contributed by atoms with Crippen LogP contribution in [0.15, 0.2) is 57.7 Å². The molecule has 21 heavy (non-hydrogen) atoms. The molecule has 1 aromatic carbocycles. The number of hydrogen-bond donors (Lipinski definition) is 1. The molecule has 0 radical (unpaired) electrons. The Morgan fingerprint density at radius 2 is 2.00 bits per heavy atom. The highest BCUT2D eigenvalue weighted by molar-refractivity contribution is 9.10. The van der Waals surface area contributed by atoms with Gasteiger partial charge in [0.2, 0.25) is 0 Å². The second-order valence-corrected chi connectivity index (χ2v) is 7.70. The standard InChI is InChI=1S/C17H16BrNS2/c1-12(15-5-2-3-6-16(15)18)19-10-14-9-13(11-21-14)17-7-4-8-20-17/h2-9,11-12,19H,10H2,1H3/t12-/m0/s1. The van der Waals surface area contributed by atoms with E-state index in [1.165, 1.54) is 20.9 Å². The van der Waals surface area contributed by atoms with Gasteiger partial charge in [-0.05, 0) is 41.4 Å². The molecular weight excluding hydrogens is 362 g/mol. The van der Waals surface area contributed by atoms with Gasteiger partial charge >= 0.3 is 0 Å². The lowest BCUT2D eigenvalue weighted by Crippen LogP contribution is -2.17. The van der Waals surface area contributed by atoms with Crippen molar-refractivity contribution in [1.29, 1.82) is 0 Å². The quantitative estimate of drug-likeness (QED) is 0.567. The fraction of sp³-hybridized carbons (Fsp3) is 0.176. The second kappa shape index (κ2) is 6.88. The van der Waals surface area contributed by atoms with E-state index < -0.39 is 0 Å². The number of halogens is 1. The van der Waals surface area contributed by atoms with Crippen molar-refractivity contribution in [2.24, 2.45) is 0 Å². The molecule has 1 nitrogen and oxygen atoms in total. The van der Waals surface area contributed by atoms with E-state index in [-0.39, 0.29) is 0 Å². The molecule has 4 heteroatoms. The minimum atomic E-state index is 0.327. The summed E-state index contributed by atoms with van der Waals surface area (Å²) in [6.07, 6.45) is 0.